The van der Waals surface area contributed by atoms with Gasteiger partial charge in [0.25, 0.3) is 5.91 Å². The average molecular weight is 312 g/mol. The maximum absolute atomic E-state index is 12.4. The highest BCUT2D eigenvalue weighted by Crippen LogP contribution is 2.31. The smallest absolute Gasteiger partial charge is 0.266 e. The summed E-state index contributed by atoms with van der Waals surface area (Å²) in [6.45, 7) is 1.98. The Bertz CT molecular complexity index is 560. The molecule has 0 spiro atoms. The number of carbonyl (C=O) groups is 1. The van der Waals surface area contributed by atoms with Gasteiger partial charge in [-0.1, -0.05) is 6.07 Å². The Labute approximate surface area is 125 Å². The Hall–Kier alpha value is -1.28. The van der Waals surface area contributed by atoms with E-state index < -0.39 is 0 Å². The van der Waals surface area contributed by atoms with Crippen molar-refractivity contribution >= 4 is 28.6 Å². The van der Waals surface area contributed by atoms with Crippen LogP contribution in [-0.2, 0) is 0 Å². The van der Waals surface area contributed by atoms with Gasteiger partial charge < -0.3 is 15.1 Å². The fourth-order valence-electron chi connectivity index (χ4n) is 1.80. The number of amides is 1. The third-order valence-corrected chi connectivity index (χ3v) is 4.93. The molecule has 5 nitrogen and oxygen atoms in total. The van der Waals surface area contributed by atoms with E-state index in [9.17, 15) is 4.79 Å². The highest BCUT2D eigenvalue weighted by molar-refractivity contribution is 7.22. The summed E-state index contributed by atoms with van der Waals surface area (Å²) in [4.78, 5) is 19.9. The summed E-state index contributed by atoms with van der Waals surface area (Å²) in [7, 11) is 0. The summed E-state index contributed by atoms with van der Waals surface area (Å²) in [6, 6.07) is 3.92. The second-order valence-electron chi connectivity index (χ2n) is 4.15. The molecule has 2 rings (SSSR count). The van der Waals surface area contributed by atoms with E-state index in [1.807, 2.05) is 17.5 Å². The van der Waals surface area contributed by atoms with Crippen LogP contribution in [0.4, 0.5) is 0 Å². The molecule has 0 saturated heterocycles. The fraction of sp³-hybridized carbons (Fsp3) is 0.385. The molecule has 0 aliphatic carbocycles. The van der Waals surface area contributed by atoms with Gasteiger partial charge in [-0.15, -0.1) is 22.7 Å². The van der Waals surface area contributed by atoms with Crippen LogP contribution in [0.15, 0.2) is 17.5 Å². The fourth-order valence-corrected chi connectivity index (χ4v) is 3.63. The molecule has 108 valence electrons. The molecule has 1 amide bonds. The van der Waals surface area contributed by atoms with Crippen molar-refractivity contribution in [2.24, 2.45) is 0 Å². The van der Waals surface area contributed by atoms with Gasteiger partial charge in [-0.2, -0.15) is 0 Å². The number of aromatic nitrogens is 1. The molecule has 2 aromatic heterocycles. The van der Waals surface area contributed by atoms with Crippen molar-refractivity contribution in [3.05, 3.63) is 28.1 Å². The van der Waals surface area contributed by atoms with Crippen LogP contribution in [0.2, 0.25) is 0 Å². The van der Waals surface area contributed by atoms with E-state index in [-0.39, 0.29) is 32.2 Å². The van der Waals surface area contributed by atoms with Crippen molar-refractivity contribution in [1.82, 2.24) is 9.88 Å². The van der Waals surface area contributed by atoms with Crippen molar-refractivity contribution in [3.63, 3.8) is 0 Å². The topological polar surface area (TPSA) is 73.7 Å². The number of hydrogen-bond acceptors (Lipinski definition) is 6. The number of hydrogen-bond donors (Lipinski definition) is 2. The van der Waals surface area contributed by atoms with Crippen molar-refractivity contribution in [1.29, 1.82) is 0 Å². The Morgan fingerprint density at radius 1 is 1.35 bits per heavy atom. The standard InChI is InChI=1S/C13H16N2O3S2/c1-9-11(13(18)15(4-6-16)5-7-17)20-12(14-9)10-3-2-8-19-10/h2-3,8,16-17H,4-7H2,1H3. The van der Waals surface area contributed by atoms with Crippen molar-refractivity contribution in [2.45, 2.75) is 6.92 Å². The normalized spacial score (nSPS) is 10.8. The molecule has 0 bridgehead atoms. The molecule has 20 heavy (non-hydrogen) atoms. The largest absolute Gasteiger partial charge is 0.395 e. The zero-order valence-electron chi connectivity index (χ0n) is 11.1. The highest BCUT2D eigenvalue weighted by atomic mass is 32.1. The highest BCUT2D eigenvalue weighted by Gasteiger charge is 2.21. The van der Waals surface area contributed by atoms with Crippen LogP contribution in [0.1, 0.15) is 15.4 Å². The van der Waals surface area contributed by atoms with Crippen molar-refractivity contribution < 1.29 is 15.0 Å². The summed E-state index contributed by atoms with van der Waals surface area (Å²) >= 11 is 2.93. The molecule has 0 unspecified atom stereocenters. The first-order chi connectivity index (χ1) is 9.67. The van der Waals surface area contributed by atoms with Crippen LogP contribution >= 0.6 is 22.7 Å². The van der Waals surface area contributed by atoms with Crippen LogP contribution in [0.3, 0.4) is 0 Å². The van der Waals surface area contributed by atoms with E-state index in [0.29, 0.717) is 10.6 Å². The SMILES string of the molecule is Cc1nc(-c2cccs2)sc1C(=O)N(CCO)CCO. The lowest BCUT2D eigenvalue weighted by Gasteiger charge is -2.19. The van der Waals surface area contributed by atoms with Gasteiger partial charge in [0.05, 0.1) is 23.8 Å². The van der Waals surface area contributed by atoms with E-state index in [0.717, 1.165) is 9.88 Å². The van der Waals surface area contributed by atoms with Crippen LogP contribution in [-0.4, -0.2) is 52.3 Å². The van der Waals surface area contributed by atoms with Crippen molar-refractivity contribution in [3.8, 4) is 9.88 Å². The first kappa shape index (κ1) is 15.1. The molecule has 2 aromatic rings. The van der Waals surface area contributed by atoms with E-state index in [2.05, 4.69) is 4.98 Å². The molecule has 0 aliphatic heterocycles. The molecule has 0 radical (unpaired) electrons. The molecule has 0 atom stereocenters. The van der Waals surface area contributed by atoms with Crippen LogP contribution in [0.5, 0.6) is 0 Å². The summed E-state index contributed by atoms with van der Waals surface area (Å²) < 4.78 is 0. The minimum Gasteiger partial charge on any atom is -0.395 e. The van der Waals surface area contributed by atoms with Crippen LogP contribution < -0.4 is 0 Å². The lowest BCUT2D eigenvalue weighted by molar-refractivity contribution is 0.0688. The quantitative estimate of drug-likeness (QED) is 0.850. The third kappa shape index (κ3) is 3.24. The van der Waals surface area contributed by atoms with E-state index in [4.69, 9.17) is 10.2 Å². The Balaban J connectivity index is 2.25. The van der Waals surface area contributed by atoms with E-state index in [1.165, 1.54) is 16.2 Å². The average Bonchev–Trinajstić information content (AvgIpc) is 3.06. The van der Waals surface area contributed by atoms with Crippen molar-refractivity contribution in [2.75, 3.05) is 26.3 Å². The first-order valence-electron chi connectivity index (χ1n) is 6.19. The summed E-state index contributed by atoms with van der Waals surface area (Å²) in [5, 5.41) is 20.8. The van der Waals surface area contributed by atoms with E-state index in [1.54, 1.807) is 18.3 Å². The van der Waals surface area contributed by atoms with Gasteiger partial charge in [0.1, 0.15) is 9.88 Å². The first-order valence-corrected chi connectivity index (χ1v) is 7.89. The van der Waals surface area contributed by atoms with Gasteiger partial charge in [0, 0.05) is 13.1 Å². The minimum atomic E-state index is -0.189. The Morgan fingerprint density at radius 2 is 2.05 bits per heavy atom. The van der Waals surface area contributed by atoms with Gasteiger partial charge >= 0.3 is 0 Å². The second-order valence-corrected chi connectivity index (χ2v) is 6.10. The van der Waals surface area contributed by atoms with Gasteiger partial charge in [-0.25, -0.2) is 4.98 Å². The second kappa shape index (κ2) is 6.94. The summed E-state index contributed by atoms with van der Waals surface area (Å²) in [6.07, 6.45) is 0. The predicted octanol–water partition coefficient (Wildman–Crippen LogP) is 1.61. The molecule has 0 aromatic carbocycles. The molecular weight excluding hydrogens is 296 g/mol. The van der Waals surface area contributed by atoms with E-state index >= 15 is 0 Å². The number of carbonyl (C=O) groups excluding carboxylic acids is 1. The van der Waals surface area contributed by atoms with Crippen LogP contribution in [0.25, 0.3) is 9.88 Å². The summed E-state index contributed by atoms with van der Waals surface area (Å²) in [5.74, 6) is -0.189. The maximum atomic E-state index is 12.4. The van der Waals surface area contributed by atoms with Crippen LogP contribution in [0, 0.1) is 6.92 Å². The number of nitrogens with zero attached hydrogens (tertiary/aromatic N) is 2. The number of thiazole rings is 1. The molecule has 7 heteroatoms. The third-order valence-electron chi connectivity index (χ3n) is 2.75. The molecule has 0 fully saturated rings. The lowest BCUT2D eigenvalue weighted by atomic mass is 10.3. The number of aliphatic hydroxyl groups is 2. The predicted molar refractivity (Wildman–Crippen MR) is 80.2 cm³/mol. The Kier molecular flexibility index (Phi) is 5.24. The van der Waals surface area contributed by atoms with Gasteiger partial charge in [0.15, 0.2) is 0 Å². The molecule has 0 aliphatic rings. The van der Waals surface area contributed by atoms with Gasteiger partial charge in [-0.05, 0) is 18.4 Å². The monoisotopic (exact) mass is 312 g/mol. The van der Waals surface area contributed by atoms with Gasteiger partial charge in [0.2, 0.25) is 0 Å². The molecule has 2 heterocycles. The number of thiophene rings is 1. The molecular formula is C13H16N2O3S2. The number of aryl methyl sites for hydroxylation is 1. The molecule has 2 N–H and O–H groups in total. The minimum absolute atomic E-state index is 0.124. The Morgan fingerprint density at radius 3 is 2.60 bits per heavy atom. The molecule has 0 saturated carbocycles. The zero-order valence-corrected chi connectivity index (χ0v) is 12.7. The lowest BCUT2D eigenvalue weighted by Crippen LogP contribution is -2.35. The maximum Gasteiger partial charge on any atom is 0.266 e. The summed E-state index contributed by atoms with van der Waals surface area (Å²) in [5.41, 5.74) is 0.685. The number of aliphatic hydroxyl groups excluding tert-OH is 2. The van der Waals surface area contributed by atoms with Gasteiger partial charge in [-0.3, -0.25) is 4.79 Å². The number of rotatable bonds is 6. The zero-order chi connectivity index (χ0) is 14.5.